The van der Waals surface area contributed by atoms with Gasteiger partial charge >= 0.3 is 0 Å². The van der Waals surface area contributed by atoms with Crippen LogP contribution in [0.2, 0.25) is 0 Å². The van der Waals surface area contributed by atoms with Gasteiger partial charge < -0.3 is 10.6 Å². The molecule has 0 aromatic carbocycles. The summed E-state index contributed by atoms with van der Waals surface area (Å²) in [6.45, 7) is 3.55. The second kappa shape index (κ2) is 6.47. The number of amides is 1. The van der Waals surface area contributed by atoms with E-state index in [9.17, 15) is 4.79 Å². The molecule has 1 amide bonds. The fourth-order valence-electron chi connectivity index (χ4n) is 1.16. The Labute approximate surface area is 93.4 Å². The maximum atomic E-state index is 11.6. The first-order valence-electron chi connectivity index (χ1n) is 5.03. The van der Waals surface area contributed by atoms with Crippen molar-refractivity contribution in [3.63, 3.8) is 0 Å². The van der Waals surface area contributed by atoms with E-state index in [0.717, 1.165) is 36.6 Å². The summed E-state index contributed by atoms with van der Waals surface area (Å²) < 4.78 is 3.78. The Balaban J connectivity index is 2.40. The largest absolute Gasteiger partial charge is 0.351 e. The second-order valence-corrected chi connectivity index (χ2v) is 3.87. The monoisotopic (exact) mass is 228 g/mol. The minimum atomic E-state index is -0.0575. The number of carbonyl (C=O) groups excluding carboxylic acids is 1. The van der Waals surface area contributed by atoms with Crippen LogP contribution in [0.1, 0.15) is 28.7 Å². The van der Waals surface area contributed by atoms with E-state index >= 15 is 0 Å². The third-order valence-electron chi connectivity index (χ3n) is 1.99. The van der Waals surface area contributed by atoms with Crippen LogP contribution < -0.4 is 10.6 Å². The number of aryl methyl sites for hydroxylation is 1. The lowest BCUT2D eigenvalue weighted by atomic mass is 10.3. The van der Waals surface area contributed by atoms with Crippen molar-refractivity contribution < 1.29 is 4.79 Å². The zero-order chi connectivity index (χ0) is 11.1. The standard InChI is InChI=1S/C9H16N4OS/c1-3-7-8(15-13-12-7)9(14)11-6-4-5-10-2/h10H,3-6H2,1-2H3,(H,11,14). The molecule has 5 nitrogen and oxygen atoms in total. The van der Waals surface area contributed by atoms with Crippen LogP contribution in [0.5, 0.6) is 0 Å². The molecule has 1 aromatic rings. The normalized spacial score (nSPS) is 10.3. The molecule has 15 heavy (non-hydrogen) atoms. The molecule has 84 valence electrons. The van der Waals surface area contributed by atoms with Gasteiger partial charge in [0.15, 0.2) is 0 Å². The maximum Gasteiger partial charge on any atom is 0.264 e. The Bertz CT molecular complexity index is 313. The van der Waals surface area contributed by atoms with Gasteiger partial charge in [0.1, 0.15) is 4.88 Å². The summed E-state index contributed by atoms with van der Waals surface area (Å²) in [5, 5.41) is 9.77. The minimum absolute atomic E-state index is 0.0575. The number of carbonyl (C=O) groups is 1. The van der Waals surface area contributed by atoms with Crippen LogP contribution in [0, 0.1) is 0 Å². The fraction of sp³-hybridized carbons (Fsp3) is 0.667. The third-order valence-corrected chi connectivity index (χ3v) is 2.75. The summed E-state index contributed by atoms with van der Waals surface area (Å²) in [6.07, 6.45) is 1.67. The molecule has 1 rings (SSSR count). The van der Waals surface area contributed by atoms with Gasteiger partial charge in [-0.05, 0) is 38.0 Å². The smallest absolute Gasteiger partial charge is 0.264 e. The molecule has 6 heteroatoms. The lowest BCUT2D eigenvalue weighted by molar-refractivity contribution is 0.0956. The molecule has 0 spiro atoms. The molecule has 0 fully saturated rings. The van der Waals surface area contributed by atoms with Gasteiger partial charge in [-0.3, -0.25) is 4.79 Å². The topological polar surface area (TPSA) is 66.9 Å². The molecule has 0 radical (unpaired) electrons. The van der Waals surface area contributed by atoms with Crippen molar-refractivity contribution in [1.82, 2.24) is 20.2 Å². The van der Waals surface area contributed by atoms with Gasteiger partial charge in [-0.15, -0.1) is 5.10 Å². The van der Waals surface area contributed by atoms with Crippen LogP contribution in [0.4, 0.5) is 0 Å². The zero-order valence-corrected chi connectivity index (χ0v) is 9.86. The van der Waals surface area contributed by atoms with Gasteiger partial charge in [0.25, 0.3) is 5.91 Å². The van der Waals surface area contributed by atoms with Crippen molar-refractivity contribution in [3.05, 3.63) is 10.6 Å². The van der Waals surface area contributed by atoms with Crippen LogP contribution in [0.3, 0.4) is 0 Å². The maximum absolute atomic E-state index is 11.6. The fourth-order valence-corrected chi connectivity index (χ4v) is 1.83. The Morgan fingerprint density at radius 2 is 2.27 bits per heavy atom. The molecule has 0 bridgehead atoms. The third kappa shape index (κ3) is 3.56. The van der Waals surface area contributed by atoms with Crippen molar-refractivity contribution in [1.29, 1.82) is 0 Å². The second-order valence-electron chi connectivity index (χ2n) is 3.12. The van der Waals surface area contributed by atoms with Crippen LogP contribution in [-0.2, 0) is 6.42 Å². The van der Waals surface area contributed by atoms with Gasteiger partial charge in [0, 0.05) is 6.54 Å². The van der Waals surface area contributed by atoms with E-state index in [0.29, 0.717) is 11.4 Å². The first kappa shape index (κ1) is 12.1. The first-order valence-corrected chi connectivity index (χ1v) is 5.81. The molecule has 2 N–H and O–H groups in total. The average Bonchev–Trinajstić information content (AvgIpc) is 2.72. The Kier molecular flexibility index (Phi) is 5.20. The predicted molar refractivity (Wildman–Crippen MR) is 60.2 cm³/mol. The Morgan fingerprint density at radius 1 is 1.47 bits per heavy atom. The van der Waals surface area contributed by atoms with Crippen LogP contribution in [0.15, 0.2) is 0 Å². The van der Waals surface area contributed by atoms with Gasteiger partial charge in [-0.25, -0.2) is 0 Å². The Hall–Kier alpha value is -1.01. The molecule has 0 atom stereocenters. The lowest BCUT2D eigenvalue weighted by Crippen LogP contribution is -2.26. The van der Waals surface area contributed by atoms with Gasteiger partial charge in [0.05, 0.1) is 5.69 Å². The van der Waals surface area contributed by atoms with Crippen molar-refractivity contribution >= 4 is 17.4 Å². The predicted octanol–water partition coefficient (Wildman–Crippen LogP) is 0.440. The molecule has 0 aliphatic carbocycles. The number of nitrogens with one attached hydrogen (secondary N) is 2. The highest BCUT2D eigenvalue weighted by molar-refractivity contribution is 7.08. The van der Waals surface area contributed by atoms with E-state index in [1.165, 1.54) is 0 Å². The molecule has 0 aliphatic rings. The van der Waals surface area contributed by atoms with E-state index in [2.05, 4.69) is 20.2 Å². The Morgan fingerprint density at radius 3 is 2.93 bits per heavy atom. The number of hydrogen-bond acceptors (Lipinski definition) is 5. The lowest BCUT2D eigenvalue weighted by Gasteiger charge is -2.03. The average molecular weight is 228 g/mol. The SMILES string of the molecule is CCc1nnsc1C(=O)NCCCNC. The molecule has 0 saturated heterocycles. The molecule has 0 unspecified atom stereocenters. The quantitative estimate of drug-likeness (QED) is 0.693. The molecular formula is C9H16N4OS. The number of nitrogens with zero attached hydrogens (tertiary/aromatic N) is 2. The summed E-state index contributed by atoms with van der Waals surface area (Å²) in [5.41, 5.74) is 0.783. The van der Waals surface area contributed by atoms with Gasteiger partial charge in [-0.1, -0.05) is 11.4 Å². The van der Waals surface area contributed by atoms with E-state index in [4.69, 9.17) is 0 Å². The van der Waals surface area contributed by atoms with E-state index in [1.807, 2.05) is 14.0 Å². The van der Waals surface area contributed by atoms with Crippen LogP contribution in [-0.4, -0.2) is 35.6 Å². The highest BCUT2D eigenvalue weighted by atomic mass is 32.1. The van der Waals surface area contributed by atoms with Gasteiger partial charge in [-0.2, -0.15) is 0 Å². The summed E-state index contributed by atoms with van der Waals surface area (Å²) in [7, 11) is 1.89. The van der Waals surface area contributed by atoms with E-state index < -0.39 is 0 Å². The number of rotatable bonds is 6. The van der Waals surface area contributed by atoms with Crippen molar-refractivity contribution in [2.75, 3.05) is 20.1 Å². The summed E-state index contributed by atoms with van der Waals surface area (Å²) in [5.74, 6) is -0.0575. The molecule has 1 heterocycles. The minimum Gasteiger partial charge on any atom is -0.351 e. The summed E-state index contributed by atoms with van der Waals surface area (Å²) in [6, 6.07) is 0. The number of aromatic nitrogens is 2. The van der Waals surface area contributed by atoms with E-state index in [-0.39, 0.29) is 5.91 Å². The zero-order valence-electron chi connectivity index (χ0n) is 9.04. The molecule has 1 aromatic heterocycles. The highest BCUT2D eigenvalue weighted by Crippen LogP contribution is 2.10. The van der Waals surface area contributed by atoms with Crippen molar-refractivity contribution in [2.24, 2.45) is 0 Å². The summed E-state index contributed by atoms with van der Waals surface area (Å²) >= 11 is 1.16. The van der Waals surface area contributed by atoms with E-state index in [1.54, 1.807) is 0 Å². The number of hydrogen-bond donors (Lipinski definition) is 2. The molecule has 0 saturated carbocycles. The van der Waals surface area contributed by atoms with Crippen LogP contribution >= 0.6 is 11.5 Å². The van der Waals surface area contributed by atoms with Crippen LogP contribution in [0.25, 0.3) is 0 Å². The molecule has 0 aliphatic heterocycles. The van der Waals surface area contributed by atoms with Crippen molar-refractivity contribution in [3.8, 4) is 0 Å². The van der Waals surface area contributed by atoms with Crippen molar-refractivity contribution in [2.45, 2.75) is 19.8 Å². The van der Waals surface area contributed by atoms with Gasteiger partial charge in [0.2, 0.25) is 0 Å². The highest BCUT2D eigenvalue weighted by Gasteiger charge is 2.13. The molecular weight excluding hydrogens is 212 g/mol. The first-order chi connectivity index (χ1) is 7.29. The summed E-state index contributed by atoms with van der Waals surface area (Å²) in [4.78, 5) is 12.3.